The minimum absolute atomic E-state index is 0.506. The Balaban J connectivity index is 1.77. The van der Waals surface area contributed by atoms with Gasteiger partial charge >= 0.3 is 0 Å². The van der Waals surface area contributed by atoms with Crippen molar-refractivity contribution in [1.82, 2.24) is 5.32 Å². The number of halogens is 2. The van der Waals surface area contributed by atoms with Gasteiger partial charge in [0.05, 0.1) is 0 Å². The number of benzene rings is 1. The zero-order chi connectivity index (χ0) is 12.1. The first-order valence-corrected chi connectivity index (χ1v) is 7.06. The summed E-state index contributed by atoms with van der Waals surface area (Å²) in [6.07, 6.45) is 3.86. The highest BCUT2D eigenvalue weighted by Gasteiger charge is 2.13. The number of thioether (sulfide) groups is 1. The Hall–Kier alpha value is -0.610. The van der Waals surface area contributed by atoms with Gasteiger partial charge in [0, 0.05) is 24.4 Å². The van der Waals surface area contributed by atoms with Crippen LogP contribution in [-0.2, 0) is 6.54 Å². The number of hydrogen-bond donors (Lipinski definition) is 1. The Morgan fingerprint density at radius 2 is 1.94 bits per heavy atom. The molecule has 0 radical (unpaired) electrons. The quantitative estimate of drug-likeness (QED) is 0.888. The Bertz CT molecular complexity index is 344. The topological polar surface area (TPSA) is 12.0 Å². The lowest BCUT2D eigenvalue weighted by Gasteiger charge is -2.21. The highest BCUT2D eigenvalue weighted by Crippen LogP contribution is 2.24. The van der Waals surface area contributed by atoms with Crippen molar-refractivity contribution < 1.29 is 8.78 Å². The van der Waals surface area contributed by atoms with Gasteiger partial charge in [-0.2, -0.15) is 11.8 Å². The number of hydrogen-bond acceptors (Lipinski definition) is 2. The molecule has 0 spiro atoms. The predicted molar refractivity (Wildman–Crippen MR) is 68.2 cm³/mol. The van der Waals surface area contributed by atoms with Gasteiger partial charge in [-0.3, -0.25) is 0 Å². The molecule has 1 aromatic rings. The van der Waals surface area contributed by atoms with Crippen LogP contribution in [0.4, 0.5) is 8.78 Å². The van der Waals surface area contributed by atoms with Gasteiger partial charge < -0.3 is 5.32 Å². The molecule has 0 bridgehead atoms. The second kappa shape index (κ2) is 6.36. The minimum Gasteiger partial charge on any atom is -0.312 e. The maximum Gasteiger partial charge on any atom is 0.126 e. The summed E-state index contributed by atoms with van der Waals surface area (Å²) in [7, 11) is 0. The van der Waals surface area contributed by atoms with Crippen molar-refractivity contribution in [2.24, 2.45) is 0 Å². The van der Waals surface area contributed by atoms with E-state index < -0.39 is 11.6 Å². The summed E-state index contributed by atoms with van der Waals surface area (Å²) >= 11 is 1.99. The Kier molecular flexibility index (Phi) is 4.80. The number of rotatable bonds is 4. The van der Waals surface area contributed by atoms with Crippen LogP contribution >= 0.6 is 11.8 Å². The van der Waals surface area contributed by atoms with Crippen LogP contribution in [-0.4, -0.2) is 17.5 Å². The first-order chi connectivity index (χ1) is 8.24. The molecule has 1 aliphatic heterocycles. The van der Waals surface area contributed by atoms with E-state index in [0.29, 0.717) is 17.4 Å². The van der Waals surface area contributed by atoms with Crippen LogP contribution < -0.4 is 5.32 Å². The van der Waals surface area contributed by atoms with E-state index in [-0.39, 0.29) is 0 Å². The molecular formula is C13H17F2NS. The molecule has 0 aliphatic carbocycles. The van der Waals surface area contributed by atoms with Crippen LogP contribution in [0.25, 0.3) is 0 Å². The molecule has 0 saturated carbocycles. The molecule has 1 heterocycles. The SMILES string of the molecule is Fc1cc(F)cc(CNCC2CCCCS2)c1. The molecule has 1 fully saturated rings. The average molecular weight is 257 g/mol. The van der Waals surface area contributed by atoms with Gasteiger partial charge in [0.2, 0.25) is 0 Å². The van der Waals surface area contributed by atoms with Crippen LogP contribution in [0.15, 0.2) is 18.2 Å². The Labute approximate surface area is 105 Å². The molecule has 1 unspecified atom stereocenters. The van der Waals surface area contributed by atoms with Gasteiger partial charge in [-0.05, 0) is 36.3 Å². The van der Waals surface area contributed by atoms with E-state index in [1.54, 1.807) is 0 Å². The minimum atomic E-state index is -0.506. The number of nitrogens with one attached hydrogen (secondary N) is 1. The fourth-order valence-electron chi connectivity index (χ4n) is 2.06. The van der Waals surface area contributed by atoms with Gasteiger partial charge in [0.25, 0.3) is 0 Å². The third-order valence-corrected chi connectivity index (χ3v) is 4.30. The van der Waals surface area contributed by atoms with E-state index in [1.165, 1.54) is 37.1 Å². The average Bonchev–Trinajstić information content (AvgIpc) is 2.29. The van der Waals surface area contributed by atoms with Crippen molar-refractivity contribution in [2.75, 3.05) is 12.3 Å². The predicted octanol–water partition coefficient (Wildman–Crippen LogP) is 3.34. The lowest BCUT2D eigenvalue weighted by Crippen LogP contribution is -2.26. The molecule has 1 atom stereocenters. The first-order valence-electron chi connectivity index (χ1n) is 6.01. The molecule has 1 nitrogen and oxygen atoms in total. The van der Waals surface area contributed by atoms with Crippen molar-refractivity contribution in [2.45, 2.75) is 31.1 Å². The van der Waals surface area contributed by atoms with E-state index in [0.717, 1.165) is 12.6 Å². The van der Waals surface area contributed by atoms with Gasteiger partial charge in [-0.1, -0.05) is 6.42 Å². The molecular weight excluding hydrogens is 240 g/mol. The fraction of sp³-hybridized carbons (Fsp3) is 0.538. The summed E-state index contributed by atoms with van der Waals surface area (Å²) in [5.74, 6) is 0.226. The smallest absolute Gasteiger partial charge is 0.126 e. The molecule has 1 N–H and O–H groups in total. The van der Waals surface area contributed by atoms with Crippen molar-refractivity contribution in [3.8, 4) is 0 Å². The highest BCUT2D eigenvalue weighted by molar-refractivity contribution is 7.99. The third kappa shape index (κ3) is 4.28. The molecule has 17 heavy (non-hydrogen) atoms. The maximum absolute atomic E-state index is 12.9. The van der Waals surface area contributed by atoms with Gasteiger partial charge in [-0.15, -0.1) is 0 Å². The second-order valence-electron chi connectivity index (χ2n) is 4.40. The van der Waals surface area contributed by atoms with E-state index in [9.17, 15) is 8.78 Å². The van der Waals surface area contributed by atoms with Crippen LogP contribution in [0.3, 0.4) is 0 Å². The van der Waals surface area contributed by atoms with E-state index in [4.69, 9.17) is 0 Å². The van der Waals surface area contributed by atoms with Crippen LogP contribution in [0, 0.1) is 11.6 Å². The molecule has 4 heteroatoms. The molecule has 1 aromatic carbocycles. The summed E-state index contributed by atoms with van der Waals surface area (Å²) in [5.41, 5.74) is 0.670. The van der Waals surface area contributed by atoms with Crippen molar-refractivity contribution in [3.63, 3.8) is 0 Å². The van der Waals surface area contributed by atoms with E-state index >= 15 is 0 Å². The highest BCUT2D eigenvalue weighted by atomic mass is 32.2. The lowest BCUT2D eigenvalue weighted by molar-refractivity contribution is 0.569. The fourth-order valence-corrected chi connectivity index (χ4v) is 3.33. The Morgan fingerprint density at radius 1 is 1.18 bits per heavy atom. The molecule has 1 aliphatic rings. The van der Waals surface area contributed by atoms with Crippen LogP contribution in [0.5, 0.6) is 0 Å². The molecule has 94 valence electrons. The second-order valence-corrected chi connectivity index (χ2v) is 5.81. The van der Waals surface area contributed by atoms with Crippen LogP contribution in [0.1, 0.15) is 24.8 Å². The summed E-state index contributed by atoms with van der Waals surface area (Å²) in [5, 5.41) is 3.93. The van der Waals surface area contributed by atoms with Gasteiger partial charge in [0.15, 0.2) is 0 Å². The maximum atomic E-state index is 12.9. The monoisotopic (exact) mass is 257 g/mol. The standard InChI is InChI=1S/C13H17F2NS/c14-11-5-10(6-12(15)7-11)8-16-9-13-3-1-2-4-17-13/h5-7,13,16H,1-4,8-9H2. The molecule has 1 saturated heterocycles. The van der Waals surface area contributed by atoms with Crippen LogP contribution in [0.2, 0.25) is 0 Å². The van der Waals surface area contributed by atoms with Crippen molar-refractivity contribution in [3.05, 3.63) is 35.4 Å². The molecule has 0 amide bonds. The zero-order valence-corrected chi connectivity index (χ0v) is 10.5. The van der Waals surface area contributed by atoms with E-state index in [1.807, 2.05) is 11.8 Å². The van der Waals surface area contributed by atoms with Crippen molar-refractivity contribution in [1.29, 1.82) is 0 Å². The normalized spacial score (nSPS) is 20.5. The lowest BCUT2D eigenvalue weighted by atomic mass is 10.2. The largest absolute Gasteiger partial charge is 0.312 e. The summed E-state index contributed by atoms with van der Waals surface area (Å²) in [6.45, 7) is 1.45. The van der Waals surface area contributed by atoms with Crippen molar-refractivity contribution >= 4 is 11.8 Å². The molecule has 0 aromatic heterocycles. The Morgan fingerprint density at radius 3 is 2.59 bits per heavy atom. The zero-order valence-electron chi connectivity index (χ0n) is 9.72. The van der Waals surface area contributed by atoms with Gasteiger partial charge in [-0.25, -0.2) is 8.78 Å². The summed E-state index contributed by atoms with van der Waals surface area (Å²) in [4.78, 5) is 0. The first kappa shape index (κ1) is 12.8. The van der Waals surface area contributed by atoms with E-state index in [2.05, 4.69) is 5.32 Å². The summed E-state index contributed by atoms with van der Waals surface area (Å²) < 4.78 is 25.9. The summed E-state index contributed by atoms with van der Waals surface area (Å²) in [6, 6.07) is 3.66. The van der Waals surface area contributed by atoms with Gasteiger partial charge in [0.1, 0.15) is 11.6 Å². The third-order valence-electron chi connectivity index (χ3n) is 2.90. The molecule has 2 rings (SSSR count).